The van der Waals surface area contributed by atoms with E-state index >= 15 is 0 Å². The summed E-state index contributed by atoms with van der Waals surface area (Å²) in [5.41, 5.74) is 2.44. The molecule has 0 radical (unpaired) electrons. The molecule has 3 aromatic rings. The molecule has 1 aliphatic heterocycles. The van der Waals surface area contributed by atoms with E-state index in [0.29, 0.717) is 25.9 Å². The topological polar surface area (TPSA) is 49.4 Å². The molecule has 1 saturated heterocycles. The predicted molar refractivity (Wildman–Crippen MR) is 128 cm³/mol. The third-order valence-corrected chi connectivity index (χ3v) is 7.65. The maximum Gasteiger partial charge on any atom is 0.263 e. The summed E-state index contributed by atoms with van der Waals surface area (Å²) in [6.45, 7) is 3.44. The van der Waals surface area contributed by atoms with Crippen molar-refractivity contribution in [3.8, 4) is 0 Å². The molecule has 6 heteroatoms. The van der Waals surface area contributed by atoms with Crippen LogP contribution in [0, 0.1) is 5.92 Å². The first-order chi connectivity index (χ1) is 15.2. The van der Waals surface area contributed by atoms with Crippen molar-refractivity contribution in [3.63, 3.8) is 0 Å². The van der Waals surface area contributed by atoms with Gasteiger partial charge in [-0.2, -0.15) is 0 Å². The number of nitrogens with one attached hydrogen (secondary N) is 1. The van der Waals surface area contributed by atoms with Gasteiger partial charge in [-0.05, 0) is 53.3 Å². The second kappa shape index (κ2) is 10.2. The zero-order chi connectivity index (χ0) is 21.6. The molecule has 3 heterocycles. The highest BCUT2D eigenvalue weighted by atomic mass is 32.1. The maximum atomic E-state index is 13.1. The Morgan fingerprint density at radius 3 is 2.35 bits per heavy atom. The number of carbonyl (C=O) groups is 2. The van der Waals surface area contributed by atoms with Gasteiger partial charge in [-0.25, -0.2) is 0 Å². The number of benzene rings is 1. The van der Waals surface area contributed by atoms with Crippen molar-refractivity contribution >= 4 is 34.5 Å². The van der Waals surface area contributed by atoms with Gasteiger partial charge in [0.1, 0.15) is 0 Å². The number of amides is 2. The van der Waals surface area contributed by atoms with E-state index in [1.54, 1.807) is 11.3 Å². The van der Waals surface area contributed by atoms with Gasteiger partial charge in [-0.3, -0.25) is 9.59 Å². The first-order valence-corrected chi connectivity index (χ1v) is 12.7. The quantitative estimate of drug-likeness (QED) is 0.513. The molecule has 162 valence electrons. The molecule has 4 nitrogen and oxygen atoms in total. The van der Waals surface area contributed by atoms with Crippen molar-refractivity contribution in [3.05, 3.63) is 80.2 Å². The molecule has 4 rings (SSSR count). The second-order valence-electron chi connectivity index (χ2n) is 7.99. The Hall–Kier alpha value is -2.44. The van der Waals surface area contributed by atoms with E-state index in [0.717, 1.165) is 28.2 Å². The molecule has 1 fully saturated rings. The summed E-state index contributed by atoms with van der Waals surface area (Å²) in [7, 11) is 0. The number of piperidine rings is 1. The Morgan fingerprint density at radius 2 is 1.74 bits per heavy atom. The molecule has 31 heavy (non-hydrogen) atoms. The van der Waals surface area contributed by atoms with Crippen molar-refractivity contribution in [2.75, 3.05) is 13.1 Å². The van der Waals surface area contributed by atoms with E-state index in [1.807, 2.05) is 28.5 Å². The van der Waals surface area contributed by atoms with Crippen LogP contribution >= 0.6 is 22.7 Å². The number of thiophene rings is 2. The van der Waals surface area contributed by atoms with Gasteiger partial charge in [0.05, 0.1) is 10.9 Å². The fourth-order valence-electron chi connectivity index (χ4n) is 4.10. The third kappa shape index (κ3) is 5.25. The van der Waals surface area contributed by atoms with Gasteiger partial charge in [0.25, 0.3) is 5.91 Å². The summed E-state index contributed by atoms with van der Waals surface area (Å²) < 4.78 is 0. The summed E-state index contributed by atoms with van der Waals surface area (Å²) in [4.78, 5) is 29.5. The maximum absolute atomic E-state index is 13.1. The van der Waals surface area contributed by atoms with Crippen LogP contribution in [0.2, 0.25) is 0 Å². The molecule has 0 saturated carbocycles. The molecular weight excluding hydrogens is 424 g/mol. The molecule has 0 spiro atoms. The van der Waals surface area contributed by atoms with Crippen LogP contribution in [0.15, 0.2) is 59.3 Å². The molecule has 0 bridgehead atoms. The largest absolute Gasteiger partial charge is 0.344 e. The van der Waals surface area contributed by atoms with E-state index < -0.39 is 0 Å². The van der Waals surface area contributed by atoms with Crippen molar-refractivity contribution in [1.82, 2.24) is 10.2 Å². The summed E-state index contributed by atoms with van der Waals surface area (Å²) in [5.74, 6) is 0.103. The number of likely N-dealkylation sites (tertiary alicyclic amines) is 1. The van der Waals surface area contributed by atoms with Crippen LogP contribution in [-0.2, 0) is 11.2 Å². The van der Waals surface area contributed by atoms with E-state index in [9.17, 15) is 9.59 Å². The zero-order valence-corrected chi connectivity index (χ0v) is 19.4. The van der Waals surface area contributed by atoms with Gasteiger partial charge in [0, 0.05) is 23.9 Å². The van der Waals surface area contributed by atoms with Gasteiger partial charge < -0.3 is 10.2 Å². The van der Waals surface area contributed by atoms with Crippen LogP contribution in [0.25, 0.3) is 0 Å². The summed E-state index contributed by atoms with van der Waals surface area (Å²) in [6, 6.07) is 16.3. The van der Waals surface area contributed by atoms with Gasteiger partial charge in [-0.1, -0.05) is 49.7 Å². The Balaban J connectivity index is 1.41. The van der Waals surface area contributed by atoms with Crippen molar-refractivity contribution in [2.24, 2.45) is 5.92 Å². The Morgan fingerprint density at radius 1 is 1.03 bits per heavy atom. The summed E-state index contributed by atoms with van der Waals surface area (Å²) in [6.07, 6.45) is 3.60. The number of nitrogens with zero attached hydrogens (tertiary/aromatic N) is 1. The summed E-state index contributed by atoms with van der Waals surface area (Å²) in [5, 5.41) is 7.27. The van der Waals surface area contributed by atoms with Crippen LogP contribution in [0.5, 0.6) is 0 Å². The molecule has 2 amide bonds. The smallest absolute Gasteiger partial charge is 0.263 e. The average molecular weight is 453 g/mol. The minimum absolute atomic E-state index is 0.0609. The SMILES string of the molecule is CCCc1ccc(C(NC(=O)C2CCN(C(=O)c3cccs3)CC2)c2cccs2)cc1. The number of aryl methyl sites for hydroxylation is 1. The fourth-order valence-corrected chi connectivity index (χ4v) is 5.59. The first-order valence-electron chi connectivity index (χ1n) is 10.9. The predicted octanol–water partition coefficient (Wildman–Crippen LogP) is 5.52. The standard InChI is InChI=1S/C25H28N2O2S2/c1-2-5-18-8-10-19(11-9-18)23(21-6-3-16-30-21)26-24(28)20-12-14-27(15-13-20)25(29)22-7-4-17-31-22/h3-4,6-11,16-17,20,23H,2,5,12-15H2,1H3,(H,26,28). The average Bonchev–Trinajstić information content (AvgIpc) is 3.52. The molecule has 1 aromatic carbocycles. The molecule has 0 aliphatic carbocycles. The van der Waals surface area contributed by atoms with Crippen LogP contribution in [0.1, 0.15) is 57.9 Å². The van der Waals surface area contributed by atoms with Crippen LogP contribution < -0.4 is 5.32 Å². The molecule has 1 aliphatic rings. The lowest BCUT2D eigenvalue weighted by Gasteiger charge is -2.32. The van der Waals surface area contributed by atoms with Gasteiger partial charge >= 0.3 is 0 Å². The van der Waals surface area contributed by atoms with Gasteiger partial charge in [0.2, 0.25) is 5.91 Å². The van der Waals surface area contributed by atoms with Gasteiger partial charge in [0.15, 0.2) is 0 Å². The van der Waals surface area contributed by atoms with Crippen molar-refractivity contribution in [2.45, 2.75) is 38.6 Å². The first kappa shape index (κ1) is 21.8. The summed E-state index contributed by atoms with van der Waals surface area (Å²) >= 11 is 3.14. The highest BCUT2D eigenvalue weighted by Crippen LogP contribution is 2.28. The van der Waals surface area contributed by atoms with Crippen LogP contribution in [0.4, 0.5) is 0 Å². The van der Waals surface area contributed by atoms with Crippen LogP contribution in [0.3, 0.4) is 0 Å². The lowest BCUT2D eigenvalue weighted by Crippen LogP contribution is -2.43. The highest BCUT2D eigenvalue weighted by Gasteiger charge is 2.30. The Bertz CT molecular complexity index is 973. The minimum atomic E-state index is -0.131. The molecule has 1 N–H and O–H groups in total. The van der Waals surface area contributed by atoms with Crippen LogP contribution in [-0.4, -0.2) is 29.8 Å². The number of hydrogen-bond acceptors (Lipinski definition) is 4. The number of hydrogen-bond donors (Lipinski definition) is 1. The zero-order valence-electron chi connectivity index (χ0n) is 17.8. The Kier molecular flexibility index (Phi) is 7.20. The van der Waals surface area contributed by atoms with E-state index in [1.165, 1.54) is 16.9 Å². The molecule has 1 unspecified atom stereocenters. The molecular formula is C25H28N2O2S2. The van der Waals surface area contributed by atoms with E-state index in [-0.39, 0.29) is 23.8 Å². The minimum Gasteiger partial charge on any atom is -0.344 e. The monoisotopic (exact) mass is 452 g/mol. The number of rotatable bonds is 7. The Labute approximate surface area is 191 Å². The lowest BCUT2D eigenvalue weighted by atomic mass is 9.94. The van der Waals surface area contributed by atoms with Crippen molar-refractivity contribution < 1.29 is 9.59 Å². The third-order valence-electron chi connectivity index (χ3n) is 5.85. The highest BCUT2D eigenvalue weighted by molar-refractivity contribution is 7.12. The van der Waals surface area contributed by atoms with E-state index in [4.69, 9.17) is 0 Å². The van der Waals surface area contributed by atoms with E-state index in [2.05, 4.69) is 48.0 Å². The second-order valence-corrected chi connectivity index (χ2v) is 9.92. The fraction of sp³-hybridized carbons (Fsp3) is 0.360. The molecule has 1 atom stereocenters. The number of carbonyl (C=O) groups excluding carboxylic acids is 2. The van der Waals surface area contributed by atoms with Gasteiger partial charge in [-0.15, -0.1) is 22.7 Å². The lowest BCUT2D eigenvalue weighted by molar-refractivity contribution is -0.126. The normalized spacial score (nSPS) is 15.6. The molecule has 2 aromatic heterocycles. The van der Waals surface area contributed by atoms with Crippen molar-refractivity contribution in [1.29, 1.82) is 0 Å².